The van der Waals surface area contributed by atoms with Crippen molar-refractivity contribution in [3.63, 3.8) is 0 Å². The molecule has 0 saturated carbocycles. The number of pyridine rings is 1. The van der Waals surface area contributed by atoms with Crippen molar-refractivity contribution in [1.82, 2.24) is 9.88 Å². The lowest BCUT2D eigenvalue weighted by Crippen LogP contribution is -2.47. The molecule has 3 aromatic rings. The average Bonchev–Trinajstić information content (AvgIpc) is 2.82. The van der Waals surface area contributed by atoms with E-state index in [1.807, 2.05) is 24.3 Å². The van der Waals surface area contributed by atoms with Gasteiger partial charge in [-0.05, 0) is 42.3 Å². The molecular weight excluding hydrogens is 410 g/mol. The first kappa shape index (κ1) is 20.2. The monoisotopic (exact) mass is 433 g/mol. The first-order valence-corrected chi connectivity index (χ1v) is 10.6. The lowest BCUT2D eigenvalue weighted by molar-refractivity contribution is -0.384. The molecule has 0 radical (unpaired) electrons. The van der Waals surface area contributed by atoms with Gasteiger partial charge in [0, 0.05) is 50.2 Å². The van der Waals surface area contributed by atoms with Crippen molar-refractivity contribution in [1.29, 1.82) is 0 Å². The number of hydrogen-bond acceptors (Lipinski definition) is 7. The van der Waals surface area contributed by atoms with Gasteiger partial charge in [0.2, 0.25) is 0 Å². The summed E-state index contributed by atoms with van der Waals surface area (Å²) in [5.74, 6) is 1.50. The van der Waals surface area contributed by atoms with E-state index in [2.05, 4.69) is 21.2 Å². The number of benzene rings is 2. The van der Waals surface area contributed by atoms with Crippen LogP contribution in [0.1, 0.15) is 5.56 Å². The van der Waals surface area contributed by atoms with Gasteiger partial charge in [-0.15, -0.1) is 0 Å². The Balaban J connectivity index is 1.17. The zero-order chi connectivity index (χ0) is 22.1. The fourth-order valence-corrected chi connectivity index (χ4v) is 4.17. The molecule has 164 valence electrons. The van der Waals surface area contributed by atoms with Crippen molar-refractivity contribution in [3.05, 3.63) is 64.2 Å². The van der Waals surface area contributed by atoms with Crippen LogP contribution in [-0.4, -0.2) is 60.0 Å². The summed E-state index contributed by atoms with van der Waals surface area (Å²) in [6.07, 6.45) is 0.899. The molecule has 2 aliphatic rings. The van der Waals surface area contributed by atoms with Crippen LogP contribution >= 0.6 is 0 Å². The molecule has 2 aliphatic heterocycles. The van der Waals surface area contributed by atoms with Crippen LogP contribution in [0.3, 0.4) is 0 Å². The zero-order valence-electron chi connectivity index (χ0n) is 17.5. The molecule has 0 spiro atoms. The van der Waals surface area contributed by atoms with E-state index in [4.69, 9.17) is 9.72 Å². The molecule has 9 heteroatoms. The number of nitrogens with one attached hydrogen (secondary N) is 1. The van der Waals surface area contributed by atoms with E-state index in [1.165, 1.54) is 11.6 Å². The Morgan fingerprint density at radius 3 is 2.72 bits per heavy atom. The molecule has 2 aromatic carbocycles. The molecule has 0 bridgehead atoms. The summed E-state index contributed by atoms with van der Waals surface area (Å²) in [5, 5.41) is 14.6. The van der Waals surface area contributed by atoms with Crippen LogP contribution in [0.5, 0.6) is 5.75 Å². The molecule has 1 aromatic heterocycles. The minimum Gasteiger partial charge on any atom is -0.482 e. The van der Waals surface area contributed by atoms with E-state index in [1.54, 1.807) is 12.1 Å². The fourth-order valence-electron chi connectivity index (χ4n) is 4.17. The predicted octanol–water partition coefficient (Wildman–Crippen LogP) is 2.84. The van der Waals surface area contributed by atoms with E-state index in [9.17, 15) is 14.9 Å². The van der Waals surface area contributed by atoms with Crippen LogP contribution in [0.2, 0.25) is 0 Å². The number of nitro benzene ring substituents is 1. The number of non-ortho nitro benzene ring substituents is 1. The standard InChI is InChI=1S/C23H23N5O4/c29-23-15-32-21-5-1-16(13-20(21)25-23)7-8-26-9-11-27(12-10-26)22-6-2-17-14-18(28(30)31)3-4-19(17)24-22/h1-6,13-14H,7-12,15H2,(H,25,29). The summed E-state index contributed by atoms with van der Waals surface area (Å²) in [5.41, 5.74) is 2.76. The van der Waals surface area contributed by atoms with Gasteiger partial charge in [0.05, 0.1) is 16.1 Å². The van der Waals surface area contributed by atoms with Gasteiger partial charge in [-0.1, -0.05) is 6.07 Å². The fraction of sp³-hybridized carbons (Fsp3) is 0.304. The number of nitro groups is 1. The number of anilines is 2. The number of aromatic nitrogens is 1. The van der Waals surface area contributed by atoms with Crippen LogP contribution in [0.4, 0.5) is 17.2 Å². The Kier molecular flexibility index (Phi) is 5.32. The Hall–Kier alpha value is -3.72. The number of rotatable bonds is 5. The predicted molar refractivity (Wildman–Crippen MR) is 121 cm³/mol. The third-order valence-corrected chi connectivity index (χ3v) is 5.96. The van der Waals surface area contributed by atoms with Gasteiger partial charge in [0.15, 0.2) is 6.61 Å². The molecule has 1 fully saturated rings. The molecule has 0 unspecified atom stereocenters. The number of carbonyl (C=O) groups is 1. The highest BCUT2D eigenvalue weighted by molar-refractivity contribution is 5.95. The molecule has 3 heterocycles. The Morgan fingerprint density at radius 2 is 1.91 bits per heavy atom. The number of piperazine rings is 1. The average molecular weight is 433 g/mol. The minimum absolute atomic E-state index is 0.0720. The second-order valence-electron chi connectivity index (χ2n) is 8.05. The Labute approximate surface area is 184 Å². The topological polar surface area (TPSA) is 101 Å². The van der Waals surface area contributed by atoms with Crippen LogP contribution in [0.25, 0.3) is 10.9 Å². The van der Waals surface area contributed by atoms with Crippen molar-refractivity contribution >= 4 is 34.0 Å². The first-order chi connectivity index (χ1) is 15.5. The summed E-state index contributed by atoms with van der Waals surface area (Å²) in [4.78, 5) is 31.5. The third kappa shape index (κ3) is 4.19. The SMILES string of the molecule is O=C1COc2ccc(CCN3CCN(c4ccc5cc([N+](=O)[O-])ccc5n4)CC3)cc2N1. The van der Waals surface area contributed by atoms with Crippen molar-refractivity contribution in [3.8, 4) is 5.75 Å². The molecule has 1 N–H and O–H groups in total. The van der Waals surface area contributed by atoms with Gasteiger partial charge in [0.1, 0.15) is 11.6 Å². The summed E-state index contributed by atoms with van der Waals surface area (Å²) in [6, 6.07) is 14.6. The molecule has 5 rings (SSSR count). The van der Waals surface area contributed by atoms with Gasteiger partial charge >= 0.3 is 0 Å². The van der Waals surface area contributed by atoms with Gasteiger partial charge in [-0.3, -0.25) is 19.8 Å². The van der Waals surface area contributed by atoms with Crippen LogP contribution in [-0.2, 0) is 11.2 Å². The molecule has 32 heavy (non-hydrogen) atoms. The quantitative estimate of drug-likeness (QED) is 0.488. The summed E-state index contributed by atoms with van der Waals surface area (Å²) >= 11 is 0. The lowest BCUT2D eigenvalue weighted by atomic mass is 10.1. The molecule has 9 nitrogen and oxygen atoms in total. The number of amides is 1. The summed E-state index contributed by atoms with van der Waals surface area (Å²) in [7, 11) is 0. The molecule has 0 atom stereocenters. The smallest absolute Gasteiger partial charge is 0.270 e. The molecule has 1 saturated heterocycles. The third-order valence-electron chi connectivity index (χ3n) is 5.96. The molecular formula is C23H23N5O4. The normalized spacial score (nSPS) is 16.4. The first-order valence-electron chi connectivity index (χ1n) is 10.6. The van der Waals surface area contributed by atoms with Crippen LogP contribution in [0, 0.1) is 10.1 Å². The second-order valence-corrected chi connectivity index (χ2v) is 8.05. The highest BCUT2D eigenvalue weighted by atomic mass is 16.6. The maximum Gasteiger partial charge on any atom is 0.270 e. The van der Waals surface area contributed by atoms with Crippen molar-refractivity contribution in [2.75, 3.05) is 49.5 Å². The number of fused-ring (bicyclic) bond motifs is 2. The number of nitrogens with zero attached hydrogens (tertiary/aromatic N) is 4. The van der Waals surface area contributed by atoms with Crippen molar-refractivity contribution in [2.45, 2.75) is 6.42 Å². The van der Waals surface area contributed by atoms with Gasteiger partial charge in [-0.25, -0.2) is 4.98 Å². The molecule has 0 aliphatic carbocycles. The lowest BCUT2D eigenvalue weighted by Gasteiger charge is -2.35. The minimum atomic E-state index is -0.388. The largest absolute Gasteiger partial charge is 0.482 e. The number of hydrogen-bond donors (Lipinski definition) is 1. The Morgan fingerprint density at radius 1 is 1.06 bits per heavy atom. The van der Waals surface area contributed by atoms with E-state index in [-0.39, 0.29) is 23.1 Å². The zero-order valence-corrected chi connectivity index (χ0v) is 17.5. The van der Waals surface area contributed by atoms with Crippen molar-refractivity contribution < 1.29 is 14.5 Å². The second kappa shape index (κ2) is 8.43. The van der Waals surface area contributed by atoms with E-state index < -0.39 is 0 Å². The summed E-state index contributed by atoms with van der Waals surface area (Å²) < 4.78 is 5.42. The maximum absolute atomic E-state index is 11.5. The van der Waals surface area contributed by atoms with Gasteiger partial charge < -0.3 is 15.0 Å². The number of carbonyl (C=O) groups excluding carboxylic acids is 1. The highest BCUT2D eigenvalue weighted by Crippen LogP contribution is 2.29. The highest BCUT2D eigenvalue weighted by Gasteiger charge is 2.20. The van der Waals surface area contributed by atoms with E-state index in [0.29, 0.717) is 0 Å². The number of ether oxygens (including phenoxy) is 1. The van der Waals surface area contributed by atoms with Crippen molar-refractivity contribution in [2.24, 2.45) is 0 Å². The van der Waals surface area contributed by atoms with Crippen LogP contribution in [0.15, 0.2) is 48.5 Å². The van der Waals surface area contributed by atoms with E-state index >= 15 is 0 Å². The van der Waals surface area contributed by atoms with Crippen LogP contribution < -0.4 is 15.0 Å². The molecule has 1 amide bonds. The van der Waals surface area contributed by atoms with E-state index in [0.717, 1.165) is 67.3 Å². The Bertz CT molecular complexity index is 1190. The maximum atomic E-state index is 11.5. The van der Waals surface area contributed by atoms with Gasteiger partial charge in [-0.2, -0.15) is 0 Å². The van der Waals surface area contributed by atoms with Gasteiger partial charge in [0.25, 0.3) is 11.6 Å². The summed E-state index contributed by atoms with van der Waals surface area (Å²) in [6.45, 7) is 4.63.